The molecule has 0 N–H and O–H groups in total. The van der Waals surface area contributed by atoms with E-state index in [0.717, 1.165) is 15.2 Å². The van der Waals surface area contributed by atoms with E-state index in [1.165, 1.54) is 16.8 Å². The summed E-state index contributed by atoms with van der Waals surface area (Å²) >= 11 is 3.43. The van der Waals surface area contributed by atoms with Crippen LogP contribution in [0.15, 0.2) is 93.2 Å². The lowest BCUT2D eigenvalue weighted by Gasteiger charge is -2.14. The highest BCUT2D eigenvalue weighted by atomic mass is 79.9. The van der Waals surface area contributed by atoms with E-state index in [1.54, 1.807) is 24.4 Å². The largest absolute Gasteiger partial charge is 0.488 e. The number of hydrogen-bond donors (Lipinski definition) is 0. The predicted molar refractivity (Wildman–Crippen MR) is 152 cm³/mol. The van der Waals surface area contributed by atoms with Crippen molar-refractivity contribution in [2.45, 2.75) is 26.4 Å². The normalized spacial score (nSPS) is 11.6. The van der Waals surface area contributed by atoms with Crippen LogP contribution < -0.4 is 10.3 Å². The summed E-state index contributed by atoms with van der Waals surface area (Å²) in [5.74, 6) is 1.03. The Morgan fingerprint density at radius 3 is 2.66 bits per heavy atom. The number of hydrogen-bond acceptors (Lipinski definition) is 6. The van der Waals surface area contributed by atoms with E-state index < -0.39 is 4.92 Å². The SMILES string of the molecule is CC(C)c1nc2ccc(Br)cc2c(=O)n1N=Cc1c(OCc2cccc([N+](=O)[O-])c2)ccc2ccccc12. The Kier molecular flexibility index (Phi) is 7.02. The van der Waals surface area contributed by atoms with Crippen molar-refractivity contribution in [2.24, 2.45) is 5.10 Å². The zero-order chi connectivity index (χ0) is 26.8. The number of nitro groups is 1. The molecule has 0 aliphatic heterocycles. The van der Waals surface area contributed by atoms with Gasteiger partial charge in [0.1, 0.15) is 18.2 Å². The lowest BCUT2D eigenvalue weighted by Crippen LogP contribution is -2.23. The van der Waals surface area contributed by atoms with Gasteiger partial charge in [0.2, 0.25) is 0 Å². The first-order valence-corrected chi connectivity index (χ1v) is 12.8. The maximum atomic E-state index is 13.5. The van der Waals surface area contributed by atoms with Crippen LogP contribution in [0.2, 0.25) is 0 Å². The van der Waals surface area contributed by atoms with Gasteiger partial charge in [-0.2, -0.15) is 9.78 Å². The number of non-ortho nitro benzene ring substituents is 1. The van der Waals surface area contributed by atoms with Crippen LogP contribution in [-0.4, -0.2) is 20.8 Å². The minimum absolute atomic E-state index is 0.00225. The summed E-state index contributed by atoms with van der Waals surface area (Å²) in [5.41, 5.74) is 1.69. The van der Waals surface area contributed by atoms with Crippen LogP contribution in [0.4, 0.5) is 5.69 Å². The number of fused-ring (bicyclic) bond motifs is 2. The van der Waals surface area contributed by atoms with Gasteiger partial charge in [0, 0.05) is 28.1 Å². The summed E-state index contributed by atoms with van der Waals surface area (Å²) in [6, 6.07) is 23.3. The van der Waals surface area contributed by atoms with E-state index >= 15 is 0 Å². The third-order valence-corrected chi connectivity index (χ3v) is 6.59. The summed E-state index contributed by atoms with van der Waals surface area (Å²) in [6.45, 7) is 4.05. The Morgan fingerprint density at radius 2 is 1.87 bits per heavy atom. The topological polar surface area (TPSA) is 99.6 Å². The van der Waals surface area contributed by atoms with Crippen LogP contribution in [0.5, 0.6) is 5.75 Å². The molecule has 0 fully saturated rings. The molecule has 0 atom stereocenters. The lowest BCUT2D eigenvalue weighted by atomic mass is 10.0. The zero-order valence-electron chi connectivity index (χ0n) is 20.7. The first-order valence-electron chi connectivity index (χ1n) is 12.0. The van der Waals surface area contributed by atoms with Gasteiger partial charge >= 0.3 is 0 Å². The van der Waals surface area contributed by atoms with Gasteiger partial charge in [-0.15, -0.1) is 0 Å². The Hall–Kier alpha value is -4.37. The summed E-state index contributed by atoms with van der Waals surface area (Å²) in [7, 11) is 0. The maximum Gasteiger partial charge on any atom is 0.282 e. The Balaban J connectivity index is 1.60. The van der Waals surface area contributed by atoms with E-state index in [2.05, 4.69) is 21.0 Å². The van der Waals surface area contributed by atoms with Gasteiger partial charge in [-0.05, 0) is 40.6 Å². The number of nitro benzene ring substituents is 1. The number of benzene rings is 4. The Morgan fingerprint density at radius 1 is 1.05 bits per heavy atom. The summed E-state index contributed by atoms with van der Waals surface area (Å²) in [4.78, 5) is 28.9. The van der Waals surface area contributed by atoms with E-state index in [-0.39, 0.29) is 23.8 Å². The summed E-state index contributed by atoms with van der Waals surface area (Å²) < 4.78 is 8.24. The molecule has 0 aliphatic rings. The molecular formula is C29H23BrN4O4. The Bertz CT molecular complexity index is 1780. The second kappa shape index (κ2) is 10.5. The van der Waals surface area contributed by atoms with E-state index in [4.69, 9.17) is 9.72 Å². The lowest BCUT2D eigenvalue weighted by molar-refractivity contribution is -0.384. The molecule has 8 nitrogen and oxygen atoms in total. The molecule has 38 heavy (non-hydrogen) atoms. The standard InChI is InChI=1S/C29H23BrN4O4/c1-18(2)28-32-26-12-11-21(30)15-24(26)29(35)33(28)31-16-25-23-9-4-3-7-20(23)10-13-27(25)38-17-19-6-5-8-22(14-19)34(36)37/h3-16,18H,17H2,1-2H3. The first kappa shape index (κ1) is 25.3. The molecule has 1 heterocycles. The van der Waals surface area contributed by atoms with Crippen molar-refractivity contribution < 1.29 is 9.66 Å². The van der Waals surface area contributed by atoms with Crippen LogP contribution in [-0.2, 0) is 6.61 Å². The van der Waals surface area contributed by atoms with E-state index in [1.807, 2.05) is 62.4 Å². The van der Waals surface area contributed by atoms with Crippen LogP contribution in [0.25, 0.3) is 21.7 Å². The molecular weight excluding hydrogens is 548 g/mol. The molecule has 0 amide bonds. The van der Waals surface area contributed by atoms with Gasteiger partial charge in [-0.3, -0.25) is 14.9 Å². The zero-order valence-corrected chi connectivity index (χ0v) is 22.3. The number of nitrogens with zero attached hydrogens (tertiary/aromatic N) is 4. The van der Waals surface area contributed by atoms with Gasteiger partial charge in [-0.1, -0.05) is 72.2 Å². The monoisotopic (exact) mass is 570 g/mol. The smallest absolute Gasteiger partial charge is 0.282 e. The molecule has 1 aromatic heterocycles. The molecule has 4 aromatic carbocycles. The van der Waals surface area contributed by atoms with Crippen molar-refractivity contribution in [3.05, 3.63) is 121 Å². The van der Waals surface area contributed by atoms with Gasteiger partial charge in [0.25, 0.3) is 11.2 Å². The molecule has 0 unspecified atom stereocenters. The summed E-state index contributed by atoms with van der Waals surface area (Å²) in [5, 5.41) is 18.1. The fourth-order valence-electron chi connectivity index (χ4n) is 4.22. The minimum atomic E-state index is -0.433. The van der Waals surface area contributed by atoms with Crippen LogP contribution >= 0.6 is 15.9 Å². The molecule has 0 saturated heterocycles. The molecule has 190 valence electrons. The average molecular weight is 571 g/mol. The van der Waals surface area contributed by atoms with Crippen molar-refractivity contribution in [3.8, 4) is 5.75 Å². The van der Waals surface area contributed by atoms with Crippen LogP contribution in [0.1, 0.15) is 36.7 Å². The highest BCUT2D eigenvalue weighted by molar-refractivity contribution is 9.10. The fourth-order valence-corrected chi connectivity index (χ4v) is 4.58. The van der Waals surface area contributed by atoms with Crippen molar-refractivity contribution in [1.29, 1.82) is 0 Å². The summed E-state index contributed by atoms with van der Waals surface area (Å²) in [6.07, 6.45) is 1.61. The first-order chi connectivity index (χ1) is 18.3. The molecule has 0 spiro atoms. The highest BCUT2D eigenvalue weighted by Gasteiger charge is 2.15. The van der Waals surface area contributed by atoms with Gasteiger partial charge in [0.15, 0.2) is 0 Å². The molecule has 0 bridgehead atoms. The van der Waals surface area contributed by atoms with Crippen LogP contribution in [0, 0.1) is 10.1 Å². The molecule has 9 heteroatoms. The van der Waals surface area contributed by atoms with Crippen LogP contribution in [0.3, 0.4) is 0 Å². The van der Waals surface area contributed by atoms with E-state index in [9.17, 15) is 14.9 Å². The quantitative estimate of drug-likeness (QED) is 0.122. The van der Waals surface area contributed by atoms with Gasteiger partial charge < -0.3 is 4.74 Å². The van der Waals surface area contributed by atoms with Crippen molar-refractivity contribution in [1.82, 2.24) is 9.66 Å². The third-order valence-electron chi connectivity index (χ3n) is 6.10. The number of ether oxygens (including phenoxy) is 1. The van der Waals surface area contributed by atoms with E-state index in [0.29, 0.717) is 33.6 Å². The Labute approximate surface area is 226 Å². The van der Waals surface area contributed by atoms with Crippen molar-refractivity contribution in [3.63, 3.8) is 0 Å². The second-order valence-electron chi connectivity index (χ2n) is 9.06. The number of halogens is 1. The number of aromatic nitrogens is 2. The molecule has 5 aromatic rings. The predicted octanol–water partition coefficient (Wildman–Crippen LogP) is 6.81. The molecule has 0 aliphatic carbocycles. The highest BCUT2D eigenvalue weighted by Crippen LogP contribution is 2.28. The van der Waals surface area contributed by atoms with Crippen molar-refractivity contribution in [2.75, 3.05) is 0 Å². The third kappa shape index (κ3) is 5.05. The maximum absolute atomic E-state index is 13.5. The molecule has 5 rings (SSSR count). The number of rotatable bonds is 7. The van der Waals surface area contributed by atoms with Crippen molar-refractivity contribution >= 4 is 49.5 Å². The fraction of sp³-hybridized carbons (Fsp3) is 0.138. The van der Waals surface area contributed by atoms with Gasteiger partial charge in [-0.25, -0.2) is 4.98 Å². The van der Waals surface area contributed by atoms with Gasteiger partial charge in [0.05, 0.1) is 22.0 Å². The molecule has 0 saturated carbocycles. The molecule has 0 radical (unpaired) electrons. The average Bonchev–Trinajstić information content (AvgIpc) is 2.91. The minimum Gasteiger partial charge on any atom is -0.488 e. The second-order valence-corrected chi connectivity index (χ2v) is 9.98.